The number of amides is 1. The largest absolute Gasteiger partial charge is 0.377 e. The zero-order valence-electron chi connectivity index (χ0n) is 13.9. The molecule has 9 heteroatoms. The van der Waals surface area contributed by atoms with Crippen LogP contribution in [0.15, 0.2) is 17.2 Å². The third-order valence-corrected chi connectivity index (χ3v) is 7.20. The minimum absolute atomic E-state index is 0.156. The second-order valence-electron chi connectivity index (χ2n) is 6.59. The van der Waals surface area contributed by atoms with Gasteiger partial charge in [-0.15, -0.1) is 0 Å². The van der Waals surface area contributed by atoms with Crippen molar-refractivity contribution in [1.82, 2.24) is 14.2 Å². The van der Waals surface area contributed by atoms with Gasteiger partial charge in [0, 0.05) is 37.3 Å². The number of carbonyl (C=O) groups excluding carboxylic acids is 1. The molecule has 134 valence electrons. The molecule has 2 saturated heterocycles. The van der Waals surface area contributed by atoms with Gasteiger partial charge in [0.15, 0.2) is 0 Å². The summed E-state index contributed by atoms with van der Waals surface area (Å²) in [5.74, 6) is 1.41. The monoisotopic (exact) mass is 373 g/mol. The summed E-state index contributed by atoms with van der Waals surface area (Å²) in [6.45, 7) is 6.36. The van der Waals surface area contributed by atoms with Gasteiger partial charge in [-0.1, -0.05) is 0 Å². The van der Waals surface area contributed by atoms with Crippen LogP contribution in [-0.2, 0) is 14.8 Å². The van der Waals surface area contributed by atoms with Gasteiger partial charge >= 0.3 is 0 Å². The van der Waals surface area contributed by atoms with Crippen LogP contribution < -0.4 is 0 Å². The molecule has 7 nitrogen and oxygen atoms in total. The molecule has 1 amide bonds. The summed E-state index contributed by atoms with van der Waals surface area (Å²) in [5.41, 5.74) is -0.112. The summed E-state index contributed by atoms with van der Waals surface area (Å²) in [5, 5.41) is 0. The van der Waals surface area contributed by atoms with Crippen LogP contribution >= 0.6 is 11.8 Å². The summed E-state index contributed by atoms with van der Waals surface area (Å²) in [6.07, 6.45) is 1.41. The number of morpholine rings is 1. The number of carbonyl (C=O) groups is 1. The Morgan fingerprint density at radius 3 is 2.67 bits per heavy atom. The summed E-state index contributed by atoms with van der Waals surface area (Å²) >= 11 is 1.75. The van der Waals surface area contributed by atoms with Gasteiger partial charge < -0.3 is 14.6 Å². The van der Waals surface area contributed by atoms with Gasteiger partial charge in [-0.2, -0.15) is 16.1 Å². The number of aromatic amines is 1. The van der Waals surface area contributed by atoms with E-state index >= 15 is 0 Å². The molecule has 0 aromatic carbocycles. The fourth-order valence-corrected chi connectivity index (χ4v) is 5.53. The Bertz CT molecular complexity index is 708. The van der Waals surface area contributed by atoms with E-state index in [0.717, 1.165) is 11.5 Å². The first-order valence-corrected chi connectivity index (χ1v) is 10.6. The number of H-pyrrole nitrogens is 1. The molecule has 2 aliphatic heterocycles. The van der Waals surface area contributed by atoms with Crippen LogP contribution in [0.4, 0.5) is 0 Å². The number of aromatic nitrogens is 1. The first kappa shape index (κ1) is 17.8. The van der Waals surface area contributed by atoms with Gasteiger partial charge in [0.05, 0.1) is 18.8 Å². The normalized spacial score (nSPS) is 22.5. The second-order valence-corrected chi connectivity index (χ2v) is 9.75. The maximum absolute atomic E-state index is 12.8. The Morgan fingerprint density at radius 1 is 1.29 bits per heavy atom. The molecule has 1 N–H and O–H groups in total. The molecule has 2 fully saturated rings. The van der Waals surface area contributed by atoms with Gasteiger partial charge in [-0.3, -0.25) is 4.79 Å². The molecule has 3 rings (SSSR count). The van der Waals surface area contributed by atoms with Crippen LogP contribution in [-0.4, -0.2) is 78.4 Å². The molecule has 0 spiro atoms. The predicted molar refractivity (Wildman–Crippen MR) is 92.8 cm³/mol. The van der Waals surface area contributed by atoms with Crippen molar-refractivity contribution < 1.29 is 17.9 Å². The molecule has 0 saturated carbocycles. The molecule has 0 radical (unpaired) electrons. The minimum atomic E-state index is -3.54. The Balaban J connectivity index is 1.81. The number of hydrogen-bond donors (Lipinski definition) is 1. The van der Waals surface area contributed by atoms with E-state index in [-0.39, 0.29) is 10.8 Å². The molecule has 24 heavy (non-hydrogen) atoms. The maximum Gasteiger partial charge on any atom is 0.270 e. The highest BCUT2D eigenvalue weighted by atomic mass is 32.2. The first-order chi connectivity index (χ1) is 11.3. The second kappa shape index (κ2) is 6.70. The number of rotatable bonds is 3. The highest BCUT2D eigenvalue weighted by Crippen LogP contribution is 2.24. The van der Waals surface area contributed by atoms with Gasteiger partial charge in [-0.05, 0) is 19.9 Å². The molecule has 2 aliphatic rings. The van der Waals surface area contributed by atoms with Crippen LogP contribution in [0, 0.1) is 0 Å². The zero-order valence-corrected chi connectivity index (χ0v) is 15.6. The third-order valence-electron chi connectivity index (χ3n) is 4.39. The molecular formula is C15H23N3O4S2. The average Bonchev–Trinajstić information content (AvgIpc) is 3.05. The van der Waals surface area contributed by atoms with Crippen LogP contribution in [0.3, 0.4) is 0 Å². The maximum atomic E-state index is 12.8. The van der Waals surface area contributed by atoms with Gasteiger partial charge in [0.1, 0.15) is 10.6 Å². The van der Waals surface area contributed by atoms with Gasteiger partial charge in [0.25, 0.3) is 5.91 Å². The highest BCUT2D eigenvalue weighted by Gasteiger charge is 2.36. The van der Waals surface area contributed by atoms with Crippen molar-refractivity contribution in [2.75, 3.05) is 44.4 Å². The molecule has 1 aromatic heterocycles. The van der Waals surface area contributed by atoms with Crippen LogP contribution in [0.1, 0.15) is 24.3 Å². The number of hydrogen-bond acceptors (Lipinski definition) is 5. The van der Waals surface area contributed by atoms with E-state index in [1.807, 2.05) is 13.8 Å². The number of nitrogens with zero attached hydrogens (tertiary/aromatic N) is 2. The Kier molecular flexibility index (Phi) is 4.96. The predicted octanol–water partition coefficient (Wildman–Crippen LogP) is 1.00. The van der Waals surface area contributed by atoms with E-state index in [9.17, 15) is 13.2 Å². The first-order valence-electron chi connectivity index (χ1n) is 7.98. The summed E-state index contributed by atoms with van der Waals surface area (Å²) < 4.78 is 32.3. The van der Waals surface area contributed by atoms with Crippen molar-refractivity contribution >= 4 is 27.7 Å². The number of ether oxygens (including phenoxy) is 1. The molecule has 0 bridgehead atoms. The van der Waals surface area contributed by atoms with E-state index in [1.165, 1.54) is 16.6 Å². The molecule has 0 atom stereocenters. The topological polar surface area (TPSA) is 82.7 Å². The average molecular weight is 374 g/mol. The van der Waals surface area contributed by atoms with Crippen molar-refractivity contribution in [1.29, 1.82) is 0 Å². The fourth-order valence-electron chi connectivity index (χ4n) is 2.96. The van der Waals surface area contributed by atoms with Crippen LogP contribution in [0.25, 0.3) is 0 Å². The smallest absolute Gasteiger partial charge is 0.270 e. The molecule has 1 aromatic rings. The Hall–Kier alpha value is -1.03. The van der Waals surface area contributed by atoms with E-state index < -0.39 is 15.6 Å². The van der Waals surface area contributed by atoms with E-state index in [4.69, 9.17) is 4.74 Å². The fraction of sp³-hybridized carbons (Fsp3) is 0.667. The lowest BCUT2D eigenvalue weighted by Crippen LogP contribution is -2.55. The van der Waals surface area contributed by atoms with E-state index in [1.54, 1.807) is 16.7 Å². The Morgan fingerprint density at radius 2 is 2.00 bits per heavy atom. The minimum Gasteiger partial charge on any atom is -0.377 e. The SMILES string of the molecule is CC1(C)COCCN1C(=O)c1cc(S(=O)(=O)N2CCSCC2)c[nH]1. The van der Waals surface area contributed by atoms with Crippen molar-refractivity contribution in [3.63, 3.8) is 0 Å². The lowest BCUT2D eigenvalue weighted by atomic mass is 10.0. The standard InChI is InChI=1S/C15H23N3O4S2/c1-15(2)11-22-6-3-18(15)14(19)13-9-12(10-16-13)24(20,21)17-4-7-23-8-5-17/h9-10,16H,3-8,11H2,1-2H3. The van der Waals surface area contributed by atoms with Crippen molar-refractivity contribution in [3.05, 3.63) is 18.0 Å². The lowest BCUT2D eigenvalue weighted by Gasteiger charge is -2.41. The highest BCUT2D eigenvalue weighted by molar-refractivity contribution is 7.99. The molecular weight excluding hydrogens is 350 g/mol. The van der Waals surface area contributed by atoms with Gasteiger partial charge in [-0.25, -0.2) is 8.42 Å². The summed E-state index contributed by atoms with van der Waals surface area (Å²) in [4.78, 5) is 17.5. The van der Waals surface area contributed by atoms with Gasteiger partial charge in [0.2, 0.25) is 10.0 Å². The lowest BCUT2D eigenvalue weighted by molar-refractivity contribution is -0.0372. The quantitative estimate of drug-likeness (QED) is 0.855. The number of thioether (sulfide) groups is 1. The van der Waals surface area contributed by atoms with E-state index in [2.05, 4.69) is 4.98 Å². The summed E-state index contributed by atoms with van der Waals surface area (Å²) in [6, 6.07) is 1.45. The van der Waals surface area contributed by atoms with Crippen molar-refractivity contribution in [2.45, 2.75) is 24.3 Å². The summed E-state index contributed by atoms with van der Waals surface area (Å²) in [7, 11) is -3.54. The number of nitrogens with one attached hydrogen (secondary N) is 1. The zero-order chi connectivity index (χ0) is 17.4. The number of sulfonamides is 1. The molecule has 3 heterocycles. The Labute approximate surface area is 146 Å². The van der Waals surface area contributed by atoms with E-state index in [0.29, 0.717) is 38.5 Å². The third kappa shape index (κ3) is 3.35. The van der Waals surface area contributed by atoms with Crippen molar-refractivity contribution in [3.8, 4) is 0 Å². The molecule has 0 aliphatic carbocycles. The molecule has 0 unspecified atom stereocenters. The van der Waals surface area contributed by atoms with Crippen LogP contribution in [0.2, 0.25) is 0 Å². The van der Waals surface area contributed by atoms with Crippen molar-refractivity contribution in [2.24, 2.45) is 0 Å². The van der Waals surface area contributed by atoms with Crippen LogP contribution in [0.5, 0.6) is 0 Å².